The van der Waals surface area contributed by atoms with Crippen molar-refractivity contribution < 1.29 is 19.5 Å². The van der Waals surface area contributed by atoms with Gasteiger partial charge in [-0.05, 0) is 25.7 Å². The minimum Gasteiger partial charge on any atom is -0.481 e. The molecule has 0 heterocycles. The zero-order valence-electron chi connectivity index (χ0n) is 12.9. The quantitative estimate of drug-likeness (QED) is 0.458. The first kappa shape index (κ1) is 19.2. The fourth-order valence-electron chi connectivity index (χ4n) is 2.19. The first-order valence-corrected chi connectivity index (χ1v) is 7.39. The normalized spacial score (nSPS) is 13.2. The number of hydrogen-bond donors (Lipinski definition) is 4. The van der Waals surface area contributed by atoms with Crippen molar-refractivity contribution in [2.24, 2.45) is 11.7 Å². The molecule has 0 aliphatic heterocycles. The first-order valence-electron chi connectivity index (χ1n) is 7.39. The van der Waals surface area contributed by atoms with E-state index in [1.165, 1.54) is 0 Å². The number of aliphatic carboxylic acids is 1. The molecule has 0 bridgehead atoms. The van der Waals surface area contributed by atoms with Gasteiger partial charge in [-0.25, -0.2) is 4.79 Å². The number of carboxylic acids is 1. The molecule has 0 saturated carbocycles. The summed E-state index contributed by atoms with van der Waals surface area (Å²) < 4.78 is 0. The molecule has 0 radical (unpaired) electrons. The van der Waals surface area contributed by atoms with Crippen molar-refractivity contribution in [3.8, 4) is 0 Å². The topological polar surface area (TPSA) is 122 Å². The molecule has 2 atom stereocenters. The highest BCUT2D eigenvalue weighted by Gasteiger charge is 2.12. The second-order valence-corrected chi connectivity index (χ2v) is 5.35. The van der Waals surface area contributed by atoms with E-state index in [-0.39, 0.29) is 24.9 Å². The van der Waals surface area contributed by atoms with E-state index in [2.05, 4.69) is 17.6 Å². The molecule has 0 saturated heterocycles. The Morgan fingerprint density at radius 2 is 1.86 bits per heavy atom. The van der Waals surface area contributed by atoms with Crippen molar-refractivity contribution in [1.29, 1.82) is 0 Å². The van der Waals surface area contributed by atoms with E-state index in [0.717, 1.165) is 19.3 Å². The average molecular weight is 301 g/mol. The van der Waals surface area contributed by atoms with Gasteiger partial charge in [0.2, 0.25) is 5.91 Å². The molecule has 2 unspecified atom stereocenters. The van der Waals surface area contributed by atoms with E-state index in [1.807, 2.05) is 0 Å². The zero-order chi connectivity index (χ0) is 16.3. The number of nitrogens with one attached hydrogen (secondary N) is 2. The number of rotatable bonds is 11. The fraction of sp³-hybridized carbons (Fsp3) is 0.786. The molecule has 3 amide bonds. The van der Waals surface area contributed by atoms with E-state index in [0.29, 0.717) is 18.9 Å². The molecule has 5 N–H and O–H groups in total. The Morgan fingerprint density at radius 1 is 1.19 bits per heavy atom. The van der Waals surface area contributed by atoms with E-state index >= 15 is 0 Å². The van der Waals surface area contributed by atoms with Crippen LogP contribution in [0.4, 0.5) is 4.79 Å². The molecular weight excluding hydrogens is 274 g/mol. The maximum Gasteiger partial charge on any atom is 0.315 e. The van der Waals surface area contributed by atoms with Crippen LogP contribution in [0.2, 0.25) is 0 Å². The van der Waals surface area contributed by atoms with Gasteiger partial charge >= 0.3 is 12.0 Å². The van der Waals surface area contributed by atoms with E-state index < -0.39 is 11.9 Å². The van der Waals surface area contributed by atoms with Crippen LogP contribution in [0.25, 0.3) is 0 Å². The van der Waals surface area contributed by atoms with Crippen LogP contribution in [0.1, 0.15) is 52.4 Å². The minimum atomic E-state index is -0.790. The maximum atomic E-state index is 11.6. The van der Waals surface area contributed by atoms with Gasteiger partial charge < -0.3 is 21.5 Å². The fourth-order valence-corrected chi connectivity index (χ4v) is 2.19. The van der Waals surface area contributed by atoms with Crippen LogP contribution in [0, 0.1) is 5.92 Å². The number of amides is 3. The van der Waals surface area contributed by atoms with Crippen molar-refractivity contribution in [1.82, 2.24) is 10.6 Å². The molecule has 0 rings (SSSR count). The smallest absolute Gasteiger partial charge is 0.315 e. The summed E-state index contributed by atoms with van der Waals surface area (Å²) in [5, 5.41) is 14.0. The Morgan fingerprint density at radius 3 is 2.38 bits per heavy atom. The molecule has 122 valence electrons. The lowest BCUT2D eigenvalue weighted by Crippen LogP contribution is -2.42. The van der Waals surface area contributed by atoms with Crippen LogP contribution in [0.3, 0.4) is 0 Å². The van der Waals surface area contributed by atoms with E-state index in [4.69, 9.17) is 10.8 Å². The predicted molar refractivity (Wildman–Crippen MR) is 79.7 cm³/mol. The van der Waals surface area contributed by atoms with Crippen LogP contribution in [0.5, 0.6) is 0 Å². The van der Waals surface area contributed by atoms with Crippen LogP contribution < -0.4 is 16.4 Å². The highest BCUT2D eigenvalue weighted by Crippen LogP contribution is 2.17. The summed E-state index contributed by atoms with van der Waals surface area (Å²) in [6.07, 6.45) is 3.58. The standard InChI is InChI=1S/C14H27N3O4/c1-3-4-11(5-6-13(19)20)7-8-16-14(21)17-10(2)9-12(15)18/h10-11H,3-9H2,1-2H3,(H2,15,18)(H,19,20)(H2,16,17,21). The summed E-state index contributed by atoms with van der Waals surface area (Å²) >= 11 is 0. The van der Waals surface area contributed by atoms with Gasteiger partial charge in [-0.15, -0.1) is 0 Å². The summed E-state index contributed by atoms with van der Waals surface area (Å²) in [4.78, 5) is 32.8. The average Bonchev–Trinajstić information content (AvgIpc) is 2.34. The van der Waals surface area contributed by atoms with Crippen molar-refractivity contribution in [2.45, 2.75) is 58.4 Å². The first-order chi connectivity index (χ1) is 9.85. The molecule has 0 fully saturated rings. The Balaban J connectivity index is 3.93. The summed E-state index contributed by atoms with van der Waals surface area (Å²) in [7, 11) is 0. The monoisotopic (exact) mass is 301 g/mol. The maximum absolute atomic E-state index is 11.6. The third-order valence-corrected chi connectivity index (χ3v) is 3.19. The van der Waals surface area contributed by atoms with Crippen LogP contribution in [0.15, 0.2) is 0 Å². The van der Waals surface area contributed by atoms with Crippen molar-refractivity contribution in [3.63, 3.8) is 0 Å². The highest BCUT2D eigenvalue weighted by atomic mass is 16.4. The van der Waals surface area contributed by atoms with Gasteiger partial charge in [0.05, 0.1) is 0 Å². The number of carboxylic acid groups (broad SMARTS) is 1. The van der Waals surface area contributed by atoms with Gasteiger partial charge in [-0.2, -0.15) is 0 Å². The Labute approximate surface area is 125 Å². The predicted octanol–water partition coefficient (Wildman–Crippen LogP) is 1.22. The molecule has 7 nitrogen and oxygen atoms in total. The summed E-state index contributed by atoms with van der Waals surface area (Å²) in [5.41, 5.74) is 5.04. The minimum absolute atomic E-state index is 0.102. The van der Waals surface area contributed by atoms with Crippen molar-refractivity contribution >= 4 is 17.9 Å². The second kappa shape index (κ2) is 10.9. The lowest BCUT2D eigenvalue weighted by molar-refractivity contribution is -0.137. The van der Waals surface area contributed by atoms with Gasteiger partial charge in [0.1, 0.15) is 0 Å². The Hall–Kier alpha value is -1.79. The van der Waals surface area contributed by atoms with Gasteiger partial charge in [-0.1, -0.05) is 19.8 Å². The molecule has 0 aromatic carbocycles. The molecule has 0 aromatic heterocycles. The number of carbonyl (C=O) groups is 3. The number of urea groups is 1. The largest absolute Gasteiger partial charge is 0.481 e. The Kier molecular flexibility index (Phi) is 10.0. The lowest BCUT2D eigenvalue weighted by atomic mass is 9.94. The van der Waals surface area contributed by atoms with Crippen LogP contribution in [-0.2, 0) is 9.59 Å². The number of primary amides is 1. The van der Waals surface area contributed by atoms with Gasteiger partial charge in [0.15, 0.2) is 0 Å². The number of nitrogens with two attached hydrogens (primary N) is 1. The highest BCUT2D eigenvalue weighted by molar-refractivity contribution is 5.77. The van der Waals surface area contributed by atoms with Gasteiger partial charge in [0.25, 0.3) is 0 Å². The third-order valence-electron chi connectivity index (χ3n) is 3.19. The Bertz CT molecular complexity index is 347. The van der Waals surface area contributed by atoms with Crippen LogP contribution in [-0.4, -0.2) is 35.6 Å². The molecule has 0 spiro atoms. The van der Waals surface area contributed by atoms with E-state index in [1.54, 1.807) is 6.92 Å². The molecule has 0 aliphatic rings. The molecule has 0 aliphatic carbocycles. The van der Waals surface area contributed by atoms with Crippen LogP contribution >= 0.6 is 0 Å². The SMILES string of the molecule is CCCC(CCNC(=O)NC(C)CC(N)=O)CCC(=O)O. The third kappa shape index (κ3) is 11.7. The number of hydrogen-bond acceptors (Lipinski definition) is 3. The summed E-state index contributed by atoms with van der Waals surface area (Å²) in [5.74, 6) is -0.948. The molecular formula is C14H27N3O4. The van der Waals surface area contributed by atoms with Gasteiger partial charge in [0, 0.05) is 25.4 Å². The molecule has 21 heavy (non-hydrogen) atoms. The summed E-state index contributed by atoms with van der Waals surface area (Å²) in [6, 6.07) is -0.641. The second-order valence-electron chi connectivity index (χ2n) is 5.35. The molecule has 0 aromatic rings. The number of carbonyl (C=O) groups excluding carboxylic acids is 2. The summed E-state index contributed by atoms with van der Waals surface area (Å²) in [6.45, 7) is 4.25. The lowest BCUT2D eigenvalue weighted by Gasteiger charge is -2.17. The van der Waals surface area contributed by atoms with Gasteiger partial charge in [-0.3, -0.25) is 9.59 Å². The van der Waals surface area contributed by atoms with Crippen molar-refractivity contribution in [2.75, 3.05) is 6.54 Å². The van der Waals surface area contributed by atoms with E-state index in [9.17, 15) is 14.4 Å². The zero-order valence-corrected chi connectivity index (χ0v) is 12.9. The molecule has 7 heteroatoms. The van der Waals surface area contributed by atoms with Crippen molar-refractivity contribution in [3.05, 3.63) is 0 Å².